The molecule has 0 saturated heterocycles. The van der Waals surface area contributed by atoms with Crippen molar-refractivity contribution < 1.29 is 76.6 Å². The Hall–Kier alpha value is -6.16. The average Bonchev–Trinajstić information content (AvgIpc) is 1.69. The molecule has 0 aliphatic heterocycles. The van der Waals surface area contributed by atoms with E-state index in [1.807, 2.05) is 69.3 Å². The summed E-state index contributed by atoms with van der Waals surface area (Å²) in [6.45, 7) is 12.5. The van der Waals surface area contributed by atoms with Crippen LogP contribution in [-0.4, -0.2) is 155 Å². The highest BCUT2D eigenvalue weighted by atomic mass is 16.6. The zero-order chi connectivity index (χ0) is 63.6. The summed E-state index contributed by atoms with van der Waals surface area (Å²) in [7, 11) is 0. The summed E-state index contributed by atoms with van der Waals surface area (Å²) in [6, 6.07) is 13.8. The Morgan fingerprint density at radius 1 is 0.448 bits per heavy atom. The molecule has 2 aromatic carbocycles. The van der Waals surface area contributed by atoms with Gasteiger partial charge in [-0.25, -0.2) is 14.4 Å². The number of rotatable bonds is 49. The number of amides is 5. The third-order valence-electron chi connectivity index (χ3n) is 14.2. The maximum absolute atomic E-state index is 13.0. The normalized spacial score (nSPS) is 12.7. The van der Waals surface area contributed by atoms with Crippen molar-refractivity contribution in [3.63, 3.8) is 0 Å². The molecule has 1 aliphatic carbocycles. The van der Waals surface area contributed by atoms with Crippen LogP contribution in [0.15, 0.2) is 48.5 Å². The van der Waals surface area contributed by atoms with Gasteiger partial charge in [-0.1, -0.05) is 138 Å². The Morgan fingerprint density at radius 2 is 0.897 bits per heavy atom. The van der Waals surface area contributed by atoms with Crippen LogP contribution < -0.4 is 26.6 Å². The summed E-state index contributed by atoms with van der Waals surface area (Å²) in [5.74, 6) is -3.22. The maximum atomic E-state index is 13.0. The Morgan fingerprint density at radius 3 is 1.39 bits per heavy atom. The molecule has 0 fully saturated rings. The molecule has 0 unspecified atom stereocenters. The fourth-order valence-electron chi connectivity index (χ4n) is 9.81. The van der Waals surface area contributed by atoms with E-state index in [2.05, 4.69) is 26.6 Å². The number of carbonyl (C=O) groups is 8. The van der Waals surface area contributed by atoms with E-state index < -0.39 is 41.3 Å². The molecule has 6 N–H and O–H groups in total. The van der Waals surface area contributed by atoms with E-state index in [1.54, 1.807) is 20.8 Å². The van der Waals surface area contributed by atoms with Crippen molar-refractivity contribution in [3.8, 4) is 11.1 Å². The zero-order valence-electron chi connectivity index (χ0n) is 53.2. The number of esters is 2. The number of hydrogen-bond acceptors (Lipinski definition) is 15. The highest BCUT2D eigenvalue weighted by molar-refractivity contribution is 5.86. The standard InChI is InChI=1S/C66H105N5O16/c1-65(2,3)86-61(76)35-22-20-18-16-14-12-10-8-7-9-11-13-15-17-19-21-34-58(73)70-56(63(79)87-66(4,5)6)36-37-57(72)68-39-41-81-43-46-84-49-60(75)69-40-42-82-44-45-83-48-59(74)67-38-28-27-33-55(62(77)78)71-64(80)85-47-54-52-31-25-23-29-50(52)51-30-24-26-32-53(51)54/h23-26,29-32,54-56H,7-22,27-28,33-49H2,1-6H3,(H,67,74)(H,68,72)(H,69,75)(H,70,73)(H,71,80)(H,77,78)/t55-,56-/m1/s1. The molecule has 0 spiro atoms. The van der Waals surface area contributed by atoms with Crippen molar-refractivity contribution in [3.05, 3.63) is 59.7 Å². The average molecular weight is 1220 g/mol. The maximum Gasteiger partial charge on any atom is 0.407 e. The SMILES string of the molecule is CC(C)(C)OC(=O)CCCCCCCCCCCCCCCCCCC(=O)N[C@H](CCC(=O)NCCOCCOCC(=O)NCCOCCOCC(=O)NCCCC[C@@H](NC(=O)OCC1c2ccccc2-c2ccccc21)C(=O)O)C(=O)OC(C)(C)C. The minimum Gasteiger partial charge on any atom is -0.480 e. The number of aliphatic carboxylic acids is 1. The fourth-order valence-corrected chi connectivity index (χ4v) is 9.81. The number of benzene rings is 2. The Labute approximate surface area is 517 Å². The molecule has 0 saturated carbocycles. The van der Waals surface area contributed by atoms with Crippen LogP contribution in [0, 0.1) is 0 Å². The summed E-state index contributed by atoms with van der Waals surface area (Å²) in [6.07, 6.45) is 19.5. The molecule has 0 bridgehead atoms. The van der Waals surface area contributed by atoms with Crippen LogP contribution in [0.5, 0.6) is 0 Å². The summed E-state index contributed by atoms with van der Waals surface area (Å²) in [5, 5.41) is 23.1. The molecular weight excluding hydrogens is 1120 g/mol. The van der Waals surface area contributed by atoms with E-state index in [0.29, 0.717) is 32.2 Å². The predicted octanol–water partition coefficient (Wildman–Crippen LogP) is 9.53. The van der Waals surface area contributed by atoms with E-state index in [9.17, 15) is 43.5 Å². The lowest BCUT2D eigenvalue weighted by Gasteiger charge is -2.24. The number of carboxylic acid groups (broad SMARTS) is 1. The third kappa shape index (κ3) is 36.7. The second-order valence-electron chi connectivity index (χ2n) is 24.2. The number of hydrogen-bond donors (Lipinski definition) is 6. The van der Waals surface area contributed by atoms with Crippen molar-refractivity contribution in [2.75, 3.05) is 79.1 Å². The molecule has 21 heteroatoms. The lowest BCUT2D eigenvalue weighted by atomic mass is 9.98. The van der Waals surface area contributed by atoms with Gasteiger partial charge in [0.2, 0.25) is 23.6 Å². The second kappa shape index (κ2) is 44.3. The number of unbranched alkanes of at least 4 members (excludes halogenated alkanes) is 16. The quantitative estimate of drug-likeness (QED) is 0.0204. The van der Waals surface area contributed by atoms with Crippen molar-refractivity contribution >= 4 is 47.6 Å². The minimum absolute atomic E-state index is 0.000480. The molecule has 87 heavy (non-hydrogen) atoms. The van der Waals surface area contributed by atoms with Crippen LogP contribution in [0.1, 0.15) is 206 Å². The van der Waals surface area contributed by atoms with Crippen molar-refractivity contribution in [2.24, 2.45) is 0 Å². The molecule has 0 radical (unpaired) electrons. The minimum atomic E-state index is -1.18. The Balaban J connectivity index is 1.09. The number of alkyl carbamates (subject to hydrolysis) is 1. The first-order valence-corrected chi connectivity index (χ1v) is 31.9. The van der Waals surface area contributed by atoms with Crippen molar-refractivity contribution in [2.45, 2.75) is 218 Å². The van der Waals surface area contributed by atoms with Crippen molar-refractivity contribution in [1.29, 1.82) is 0 Å². The molecule has 0 aromatic heterocycles. The smallest absolute Gasteiger partial charge is 0.407 e. The molecule has 0 heterocycles. The first-order chi connectivity index (χ1) is 41.7. The van der Waals surface area contributed by atoms with Gasteiger partial charge in [0.05, 0.1) is 39.6 Å². The number of fused-ring (bicyclic) bond motifs is 3. The zero-order valence-corrected chi connectivity index (χ0v) is 53.2. The first-order valence-electron chi connectivity index (χ1n) is 31.9. The van der Waals surface area contributed by atoms with Crippen LogP contribution in [0.25, 0.3) is 11.1 Å². The number of nitrogens with one attached hydrogen (secondary N) is 5. The second-order valence-corrected chi connectivity index (χ2v) is 24.2. The third-order valence-corrected chi connectivity index (χ3v) is 14.2. The summed E-state index contributed by atoms with van der Waals surface area (Å²) >= 11 is 0. The van der Waals surface area contributed by atoms with Gasteiger partial charge in [0.25, 0.3) is 0 Å². The highest BCUT2D eigenvalue weighted by Crippen LogP contribution is 2.44. The van der Waals surface area contributed by atoms with Gasteiger partial charge in [-0.3, -0.25) is 24.0 Å². The van der Waals surface area contributed by atoms with Crippen LogP contribution in [0.2, 0.25) is 0 Å². The molecule has 2 atom stereocenters. The van der Waals surface area contributed by atoms with Gasteiger partial charge in [0.15, 0.2) is 0 Å². The lowest BCUT2D eigenvalue weighted by molar-refractivity contribution is -0.159. The van der Waals surface area contributed by atoms with E-state index in [0.717, 1.165) is 60.8 Å². The van der Waals surface area contributed by atoms with Gasteiger partial charge in [-0.15, -0.1) is 0 Å². The number of ether oxygens (including phenoxy) is 7. The van der Waals surface area contributed by atoms with Crippen LogP contribution in [0.4, 0.5) is 4.79 Å². The number of carbonyl (C=O) groups excluding carboxylic acids is 7. The van der Waals surface area contributed by atoms with Gasteiger partial charge in [0, 0.05) is 44.8 Å². The van der Waals surface area contributed by atoms with Gasteiger partial charge >= 0.3 is 24.0 Å². The molecule has 3 rings (SSSR count). The Kier molecular flexibility index (Phi) is 38.2. The lowest BCUT2D eigenvalue weighted by Crippen LogP contribution is -2.44. The van der Waals surface area contributed by atoms with E-state index >= 15 is 0 Å². The molecule has 2 aromatic rings. The monoisotopic (exact) mass is 1220 g/mol. The van der Waals surface area contributed by atoms with Crippen LogP contribution in [-0.2, 0) is 66.7 Å². The Bertz CT molecular complexity index is 2290. The topological polar surface area (TPSA) is 282 Å². The van der Waals surface area contributed by atoms with E-state index in [1.165, 1.54) is 64.2 Å². The predicted molar refractivity (Wildman–Crippen MR) is 332 cm³/mol. The molecule has 490 valence electrons. The van der Waals surface area contributed by atoms with E-state index in [4.69, 9.17) is 33.2 Å². The summed E-state index contributed by atoms with van der Waals surface area (Å²) in [5.41, 5.74) is 3.12. The summed E-state index contributed by atoms with van der Waals surface area (Å²) in [4.78, 5) is 99.1. The molecule has 5 amide bonds. The first kappa shape index (κ1) is 75.1. The summed E-state index contributed by atoms with van der Waals surface area (Å²) < 4.78 is 38.1. The van der Waals surface area contributed by atoms with Gasteiger partial charge in [-0.05, 0) is 102 Å². The molecule has 21 nitrogen and oxygen atoms in total. The molecular formula is C66H105N5O16. The fraction of sp³-hybridized carbons (Fsp3) is 0.697. The number of carboxylic acids is 1. The molecule has 1 aliphatic rings. The van der Waals surface area contributed by atoms with Crippen LogP contribution in [0.3, 0.4) is 0 Å². The largest absolute Gasteiger partial charge is 0.480 e. The highest BCUT2D eigenvalue weighted by Gasteiger charge is 2.31. The van der Waals surface area contributed by atoms with Crippen molar-refractivity contribution in [1.82, 2.24) is 26.6 Å². The van der Waals surface area contributed by atoms with Gasteiger partial charge in [0.1, 0.15) is 43.1 Å². The van der Waals surface area contributed by atoms with Gasteiger partial charge < -0.3 is 64.8 Å². The van der Waals surface area contributed by atoms with Crippen LogP contribution >= 0.6 is 0 Å². The van der Waals surface area contributed by atoms with Gasteiger partial charge in [-0.2, -0.15) is 0 Å². The van der Waals surface area contributed by atoms with E-state index in [-0.39, 0.29) is 127 Å².